The molecule has 0 saturated heterocycles. The maximum Gasteiger partial charge on any atom is 0.229 e. The van der Waals surface area contributed by atoms with Crippen LogP contribution >= 0.6 is 0 Å². The summed E-state index contributed by atoms with van der Waals surface area (Å²) in [4.78, 5) is 22.5. The summed E-state index contributed by atoms with van der Waals surface area (Å²) in [7, 11) is 1.87. The molecule has 0 aliphatic heterocycles. The predicted octanol–water partition coefficient (Wildman–Crippen LogP) is 3.76. The zero-order valence-electron chi connectivity index (χ0n) is 14.2. The van der Waals surface area contributed by atoms with Crippen molar-refractivity contribution < 1.29 is 4.79 Å². The summed E-state index contributed by atoms with van der Waals surface area (Å²) in [5.41, 5.74) is 3.09. The van der Waals surface area contributed by atoms with E-state index in [1.54, 1.807) is 0 Å². The summed E-state index contributed by atoms with van der Waals surface area (Å²) in [6.07, 6.45) is 1.53. The van der Waals surface area contributed by atoms with Gasteiger partial charge in [0.15, 0.2) is 0 Å². The molecule has 0 radical (unpaired) electrons. The van der Waals surface area contributed by atoms with Crippen LogP contribution in [0, 0.1) is 0 Å². The largest absolute Gasteiger partial charge is 0.345 e. The van der Waals surface area contributed by atoms with Crippen molar-refractivity contribution in [1.82, 2.24) is 14.9 Å². The number of nitrogens with one attached hydrogen (secondary N) is 1. The molecule has 4 nitrogen and oxygen atoms in total. The second-order valence-electron chi connectivity index (χ2n) is 6.08. The highest BCUT2D eigenvalue weighted by Crippen LogP contribution is 2.21. The Balaban J connectivity index is 1.65. The Labute approximate surface area is 142 Å². The van der Waals surface area contributed by atoms with Crippen LogP contribution in [-0.2, 0) is 11.2 Å². The molecule has 1 heterocycles. The number of nitrogens with zero attached hydrogens (tertiary/aromatic N) is 2. The third-order valence-electron chi connectivity index (χ3n) is 4.41. The predicted molar refractivity (Wildman–Crippen MR) is 96.9 cm³/mol. The molecule has 24 heavy (non-hydrogen) atoms. The molecule has 1 amide bonds. The molecule has 3 aromatic rings. The van der Waals surface area contributed by atoms with Gasteiger partial charge in [-0.1, -0.05) is 49.4 Å². The van der Waals surface area contributed by atoms with E-state index in [1.807, 2.05) is 66.5 Å². The SMILES string of the molecule is CCC(C(=O)N(C)CCc1nc2ccccc2[nH]1)c1ccccc1. The van der Waals surface area contributed by atoms with Gasteiger partial charge in [-0.15, -0.1) is 0 Å². The second-order valence-corrected chi connectivity index (χ2v) is 6.08. The molecule has 4 heteroatoms. The number of aromatic amines is 1. The van der Waals surface area contributed by atoms with Crippen LogP contribution in [0.25, 0.3) is 11.0 Å². The number of fused-ring (bicyclic) bond motifs is 1. The molecular weight excluding hydrogens is 298 g/mol. The van der Waals surface area contributed by atoms with Gasteiger partial charge in [0, 0.05) is 20.0 Å². The Morgan fingerprint density at radius 2 is 1.83 bits per heavy atom. The molecule has 0 saturated carbocycles. The highest BCUT2D eigenvalue weighted by molar-refractivity contribution is 5.83. The maximum absolute atomic E-state index is 12.8. The van der Waals surface area contributed by atoms with Crippen LogP contribution in [0.3, 0.4) is 0 Å². The Morgan fingerprint density at radius 3 is 2.54 bits per heavy atom. The van der Waals surface area contributed by atoms with Gasteiger partial charge in [-0.25, -0.2) is 4.98 Å². The van der Waals surface area contributed by atoms with E-state index in [0.717, 1.165) is 35.3 Å². The van der Waals surface area contributed by atoms with Crippen molar-refractivity contribution in [2.75, 3.05) is 13.6 Å². The number of hydrogen-bond acceptors (Lipinski definition) is 2. The molecular formula is C20H23N3O. The standard InChI is InChI=1S/C20H23N3O/c1-3-16(15-9-5-4-6-10-15)20(24)23(2)14-13-19-21-17-11-7-8-12-18(17)22-19/h4-12,16H,3,13-14H2,1-2H3,(H,21,22). The molecule has 124 valence electrons. The van der Waals surface area contributed by atoms with Gasteiger partial charge in [-0.3, -0.25) is 4.79 Å². The van der Waals surface area contributed by atoms with Crippen molar-refractivity contribution in [2.24, 2.45) is 0 Å². The fourth-order valence-electron chi connectivity index (χ4n) is 3.01. The second kappa shape index (κ2) is 7.30. The van der Waals surface area contributed by atoms with Crippen LogP contribution < -0.4 is 0 Å². The van der Waals surface area contributed by atoms with Gasteiger partial charge in [0.25, 0.3) is 0 Å². The number of likely N-dealkylation sites (N-methyl/N-ethyl adjacent to an activating group) is 1. The Bertz CT molecular complexity index is 777. The van der Waals surface area contributed by atoms with Crippen molar-refractivity contribution in [3.05, 3.63) is 66.0 Å². The van der Waals surface area contributed by atoms with Gasteiger partial charge in [0.05, 0.1) is 17.0 Å². The van der Waals surface area contributed by atoms with Gasteiger partial charge < -0.3 is 9.88 Å². The average Bonchev–Trinajstić information content (AvgIpc) is 3.04. The van der Waals surface area contributed by atoms with Crippen LogP contribution in [0.1, 0.15) is 30.7 Å². The molecule has 1 unspecified atom stereocenters. The first kappa shape index (κ1) is 16.2. The molecule has 3 rings (SSSR count). The third-order valence-corrected chi connectivity index (χ3v) is 4.41. The average molecular weight is 321 g/mol. The van der Waals surface area contributed by atoms with E-state index in [2.05, 4.69) is 16.9 Å². The number of benzene rings is 2. The van der Waals surface area contributed by atoms with Crippen LogP contribution in [0.4, 0.5) is 0 Å². The number of rotatable bonds is 6. The number of para-hydroxylation sites is 2. The first-order valence-electron chi connectivity index (χ1n) is 8.42. The first-order valence-corrected chi connectivity index (χ1v) is 8.42. The lowest BCUT2D eigenvalue weighted by molar-refractivity contribution is -0.131. The van der Waals surface area contributed by atoms with E-state index in [0.29, 0.717) is 6.54 Å². The van der Waals surface area contributed by atoms with Crippen LogP contribution in [-0.4, -0.2) is 34.4 Å². The van der Waals surface area contributed by atoms with Crippen molar-refractivity contribution in [2.45, 2.75) is 25.7 Å². The minimum Gasteiger partial charge on any atom is -0.345 e. The van der Waals surface area contributed by atoms with Crippen LogP contribution in [0.2, 0.25) is 0 Å². The quantitative estimate of drug-likeness (QED) is 0.751. The van der Waals surface area contributed by atoms with Gasteiger partial charge >= 0.3 is 0 Å². The normalized spacial score (nSPS) is 12.2. The number of hydrogen-bond donors (Lipinski definition) is 1. The van der Waals surface area contributed by atoms with Crippen molar-refractivity contribution in [3.63, 3.8) is 0 Å². The molecule has 0 bridgehead atoms. The van der Waals surface area contributed by atoms with E-state index in [-0.39, 0.29) is 11.8 Å². The molecule has 1 aromatic heterocycles. The fraction of sp³-hybridized carbons (Fsp3) is 0.300. The van der Waals surface area contributed by atoms with Gasteiger partial charge in [-0.05, 0) is 24.1 Å². The number of imidazole rings is 1. The molecule has 0 aliphatic rings. The lowest BCUT2D eigenvalue weighted by Gasteiger charge is -2.23. The minimum atomic E-state index is -0.0770. The maximum atomic E-state index is 12.8. The van der Waals surface area contributed by atoms with Crippen LogP contribution in [0.5, 0.6) is 0 Å². The smallest absolute Gasteiger partial charge is 0.229 e. The number of H-pyrrole nitrogens is 1. The summed E-state index contributed by atoms with van der Waals surface area (Å²) in [6, 6.07) is 18.0. The number of carbonyl (C=O) groups is 1. The molecule has 1 atom stereocenters. The molecule has 0 aliphatic carbocycles. The summed E-state index contributed by atoms with van der Waals surface area (Å²) in [6.45, 7) is 2.71. The topological polar surface area (TPSA) is 49.0 Å². The summed E-state index contributed by atoms with van der Waals surface area (Å²) >= 11 is 0. The van der Waals surface area contributed by atoms with E-state index < -0.39 is 0 Å². The Hall–Kier alpha value is -2.62. The fourth-order valence-corrected chi connectivity index (χ4v) is 3.01. The Kier molecular flexibility index (Phi) is 4.94. The Morgan fingerprint density at radius 1 is 1.12 bits per heavy atom. The zero-order chi connectivity index (χ0) is 16.9. The monoisotopic (exact) mass is 321 g/mol. The summed E-state index contributed by atoms with van der Waals surface area (Å²) in [5, 5.41) is 0. The molecule has 0 spiro atoms. The molecule has 1 N–H and O–H groups in total. The van der Waals surface area contributed by atoms with E-state index in [1.165, 1.54) is 0 Å². The van der Waals surface area contributed by atoms with E-state index in [9.17, 15) is 4.79 Å². The number of carbonyl (C=O) groups excluding carboxylic acids is 1. The summed E-state index contributed by atoms with van der Waals surface area (Å²) in [5.74, 6) is 1.01. The van der Waals surface area contributed by atoms with E-state index >= 15 is 0 Å². The van der Waals surface area contributed by atoms with Crippen molar-refractivity contribution >= 4 is 16.9 Å². The lowest BCUT2D eigenvalue weighted by Crippen LogP contribution is -2.33. The van der Waals surface area contributed by atoms with E-state index in [4.69, 9.17) is 0 Å². The third kappa shape index (κ3) is 3.48. The highest BCUT2D eigenvalue weighted by atomic mass is 16.2. The lowest BCUT2D eigenvalue weighted by atomic mass is 9.95. The number of aromatic nitrogens is 2. The minimum absolute atomic E-state index is 0.0770. The molecule has 2 aromatic carbocycles. The first-order chi connectivity index (χ1) is 11.7. The highest BCUT2D eigenvalue weighted by Gasteiger charge is 2.22. The van der Waals surface area contributed by atoms with Crippen molar-refractivity contribution in [1.29, 1.82) is 0 Å². The summed E-state index contributed by atoms with van der Waals surface area (Å²) < 4.78 is 0. The van der Waals surface area contributed by atoms with Crippen LogP contribution in [0.15, 0.2) is 54.6 Å². The van der Waals surface area contributed by atoms with Gasteiger partial charge in [-0.2, -0.15) is 0 Å². The number of amides is 1. The van der Waals surface area contributed by atoms with Crippen molar-refractivity contribution in [3.8, 4) is 0 Å². The van der Waals surface area contributed by atoms with Gasteiger partial charge in [0.1, 0.15) is 5.82 Å². The van der Waals surface area contributed by atoms with Gasteiger partial charge in [0.2, 0.25) is 5.91 Å². The zero-order valence-corrected chi connectivity index (χ0v) is 14.2. The molecule has 0 fully saturated rings.